The Bertz CT molecular complexity index is 961. The third-order valence-corrected chi connectivity index (χ3v) is 5.94. The van der Waals surface area contributed by atoms with E-state index < -0.39 is 36.1 Å². The predicted molar refractivity (Wildman–Crippen MR) is 103 cm³/mol. The van der Waals surface area contributed by atoms with Gasteiger partial charge in [0.05, 0.1) is 23.3 Å². The largest absolute Gasteiger partial charge is 0.390 e. The van der Waals surface area contributed by atoms with Crippen molar-refractivity contribution >= 4 is 23.7 Å². The van der Waals surface area contributed by atoms with Crippen LogP contribution in [-0.4, -0.2) is 44.1 Å². The van der Waals surface area contributed by atoms with E-state index in [1.165, 1.54) is 12.1 Å². The maximum Gasteiger partial charge on any atom is 0.180 e. The second-order valence-corrected chi connectivity index (χ2v) is 7.53. The van der Waals surface area contributed by atoms with Gasteiger partial charge >= 0.3 is 0 Å². The molecule has 1 saturated carbocycles. The Morgan fingerprint density at radius 2 is 2.07 bits per heavy atom. The van der Waals surface area contributed by atoms with Crippen molar-refractivity contribution in [2.45, 2.75) is 37.2 Å². The van der Waals surface area contributed by atoms with Crippen LogP contribution in [-0.2, 0) is 6.42 Å². The summed E-state index contributed by atoms with van der Waals surface area (Å²) in [7, 11) is 0. The van der Waals surface area contributed by atoms with Gasteiger partial charge in [0.1, 0.15) is 11.9 Å². The smallest absolute Gasteiger partial charge is 0.180 e. The van der Waals surface area contributed by atoms with Crippen LogP contribution < -0.4 is 5.84 Å². The van der Waals surface area contributed by atoms with Gasteiger partial charge in [-0.15, -0.1) is 0 Å². The van der Waals surface area contributed by atoms with Gasteiger partial charge in [-0.3, -0.25) is 0 Å². The van der Waals surface area contributed by atoms with Crippen molar-refractivity contribution in [3.8, 4) is 0 Å². The second kappa shape index (κ2) is 7.29. The Balaban J connectivity index is 1.62. The van der Waals surface area contributed by atoms with Crippen molar-refractivity contribution in [1.82, 2.24) is 4.57 Å². The summed E-state index contributed by atoms with van der Waals surface area (Å²) < 4.78 is 15.6. The first kappa shape index (κ1) is 19.1. The molecule has 0 saturated heterocycles. The van der Waals surface area contributed by atoms with E-state index in [0.717, 1.165) is 17.3 Å². The van der Waals surface area contributed by atoms with Crippen molar-refractivity contribution in [3.63, 3.8) is 0 Å². The van der Waals surface area contributed by atoms with Gasteiger partial charge in [-0.25, -0.2) is 9.38 Å². The van der Waals surface area contributed by atoms with Crippen molar-refractivity contribution < 1.29 is 19.7 Å². The van der Waals surface area contributed by atoms with Crippen LogP contribution in [0.25, 0.3) is 0 Å². The highest BCUT2D eigenvalue weighted by Crippen LogP contribution is 2.43. The summed E-state index contributed by atoms with van der Waals surface area (Å²) in [6.45, 7) is 0. The minimum Gasteiger partial charge on any atom is -0.390 e. The normalized spacial score (nSPS) is 29.2. The first-order valence-electron chi connectivity index (χ1n) is 8.92. The van der Waals surface area contributed by atoms with Gasteiger partial charge in [0.15, 0.2) is 5.84 Å². The number of amidine groups is 1. The van der Waals surface area contributed by atoms with E-state index in [-0.39, 0.29) is 5.02 Å². The predicted octanol–water partition coefficient (Wildman–Crippen LogP) is 1.54. The van der Waals surface area contributed by atoms with Crippen LogP contribution in [0, 0.1) is 11.7 Å². The van der Waals surface area contributed by atoms with Crippen molar-refractivity contribution in [2.75, 3.05) is 0 Å². The van der Waals surface area contributed by atoms with Crippen molar-refractivity contribution in [1.29, 1.82) is 0 Å². The van der Waals surface area contributed by atoms with Crippen LogP contribution in [0.4, 0.5) is 4.39 Å². The fourth-order valence-electron chi connectivity index (χ4n) is 4.18. The number of halogens is 2. The van der Waals surface area contributed by atoms with E-state index in [4.69, 9.17) is 17.4 Å². The molecule has 0 bridgehead atoms. The van der Waals surface area contributed by atoms with Crippen LogP contribution in [0.5, 0.6) is 0 Å². The van der Waals surface area contributed by atoms with Gasteiger partial charge in [-0.1, -0.05) is 17.7 Å². The Morgan fingerprint density at radius 3 is 2.79 bits per heavy atom. The van der Waals surface area contributed by atoms with Gasteiger partial charge in [0.2, 0.25) is 0 Å². The molecule has 2 aromatic rings. The fraction of sp³-hybridized carbons (Fsp3) is 0.368. The number of hydrogen-bond donors (Lipinski definition) is 4. The summed E-state index contributed by atoms with van der Waals surface area (Å²) in [5, 5.41) is 35.6. The molecule has 0 amide bonds. The maximum atomic E-state index is 13.8. The lowest BCUT2D eigenvalue weighted by Crippen LogP contribution is -2.32. The molecule has 1 aliphatic heterocycles. The maximum absolute atomic E-state index is 13.8. The molecule has 1 aromatic heterocycles. The van der Waals surface area contributed by atoms with E-state index in [0.29, 0.717) is 24.2 Å². The zero-order valence-electron chi connectivity index (χ0n) is 14.8. The molecule has 5 N–H and O–H groups in total. The molecule has 28 heavy (non-hydrogen) atoms. The zero-order valence-corrected chi connectivity index (χ0v) is 15.5. The second-order valence-electron chi connectivity index (χ2n) is 7.12. The van der Waals surface area contributed by atoms with Gasteiger partial charge in [-0.05, 0) is 30.2 Å². The van der Waals surface area contributed by atoms with E-state index in [1.54, 1.807) is 12.4 Å². The van der Waals surface area contributed by atoms with Crippen molar-refractivity contribution in [3.05, 3.63) is 58.1 Å². The third kappa shape index (κ3) is 3.02. The summed E-state index contributed by atoms with van der Waals surface area (Å²) >= 11 is 5.70. The summed E-state index contributed by atoms with van der Waals surface area (Å²) in [5.41, 5.74) is 1.96. The number of benzene rings is 1. The molecular weight excluding hydrogens is 387 g/mol. The number of fused-ring (bicyclic) bond motifs is 1. The molecule has 0 unspecified atom stereocenters. The number of hydrazone groups is 1. The van der Waals surface area contributed by atoms with Crippen LogP contribution >= 0.6 is 11.6 Å². The third-order valence-electron chi connectivity index (χ3n) is 5.63. The molecule has 9 heteroatoms. The lowest BCUT2D eigenvalue weighted by Gasteiger charge is -2.22. The average molecular weight is 407 g/mol. The SMILES string of the molecule is N/N=C1/N=CCc2c1ccn2[C@@H]1C[C@H]([C@H](O)c2ccc(Cl)c(F)c2)[C@@H](O)[C@H]1O. The van der Waals surface area contributed by atoms with Gasteiger partial charge in [0, 0.05) is 36.0 Å². The molecule has 7 nitrogen and oxygen atoms in total. The molecular formula is C19H20ClFN4O3. The summed E-state index contributed by atoms with van der Waals surface area (Å²) in [6.07, 6.45) is 0.919. The molecule has 5 atom stereocenters. The molecule has 2 heterocycles. The molecule has 148 valence electrons. The standard InChI is InChI=1S/C19H20ClFN4O3/c20-12-2-1-9(7-13(12)21)16(26)11-8-15(18(28)17(11)27)25-6-4-10-14(25)3-5-23-19(10)24-22/h1-2,4-7,11,15-18,26-28H,3,8,22H2/b24-19+/t11-,15-,16-,17-,18+/m1/s1. The van der Waals surface area contributed by atoms with E-state index in [9.17, 15) is 19.7 Å². The number of aliphatic imine (C=N–C) groups is 1. The first-order chi connectivity index (χ1) is 13.4. The van der Waals surface area contributed by atoms with Crippen LogP contribution in [0.1, 0.15) is 35.4 Å². The molecule has 4 rings (SSSR count). The number of nitrogens with two attached hydrogens (primary N) is 1. The van der Waals surface area contributed by atoms with Crippen LogP contribution in [0.2, 0.25) is 5.02 Å². The van der Waals surface area contributed by atoms with Gasteiger partial charge < -0.3 is 25.7 Å². The number of aliphatic hydroxyl groups is 3. The summed E-state index contributed by atoms with van der Waals surface area (Å²) in [5.74, 6) is 4.47. The monoisotopic (exact) mass is 406 g/mol. The molecule has 1 aliphatic carbocycles. The molecule has 0 radical (unpaired) electrons. The Hall–Kier alpha value is -2.26. The number of aliphatic hydroxyl groups excluding tert-OH is 3. The topological polar surface area (TPSA) is 116 Å². The zero-order chi connectivity index (χ0) is 20.0. The van der Waals surface area contributed by atoms with Crippen LogP contribution in [0.3, 0.4) is 0 Å². The minimum atomic E-state index is -1.17. The number of nitrogens with zero attached hydrogens (tertiary/aromatic N) is 3. The number of hydrogen-bond acceptors (Lipinski definition) is 5. The minimum absolute atomic E-state index is 0.0427. The molecule has 1 fully saturated rings. The molecule has 2 aliphatic rings. The lowest BCUT2D eigenvalue weighted by molar-refractivity contribution is -0.0268. The first-order valence-corrected chi connectivity index (χ1v) is 9.29. The van der Waals surface area contributed by atoms with E-state index in [1.807, 2.05) is 10.6 Å². The van der Waals surface area contributed by atoms with Crippen molar-refractivity contribution in [2.24, 2.45) is 21.9 Å². The Morgan fingerprint density at radius 1 is 1.29 bits per heavy atom. The van der Waals surface area contributed by atoms with Gasteiger partial charge in [-0.2, -0.15) is 5.10 Å². The Labute approximate surface area is 165 Å². The quantitative estimate of drug-likeness (QED) is 0.457. The summed E-state index contributed by atoms with van der Waals surface area (Å²) in [4.78, 5) is 4.15. The number of aromatic nitrogens is 1. The van der Waals surface area contributed by atoms with E-state index >= 15 is 0 Å². The number of rotatable bonds is 3. The lowest BCUT2D eigenvalue weighted by atomic mass is 9.92. The average Bonchev–Trinajstić information content (AvgIpc) is 3.25. The summed E-state index contributed by atoms with van der Waals surface area (Å²) in [6, 6.07) is 5.38. The molecule has 0 spiro atoms. The highest BCUT2D eigenvalue weighted by molar-refractivity contribution is 6.30. The fourth-order valence-corrected chi connectivity index (χ4v) is 4.29. The highest BCUT2D eigenvalue weighted by Gasteiger charge is 2.46. The van der Waals surface area contributed by atoms with Gasteiger partial charge in [0.25, 0.3) is 0 Å². The Kier molecular flexibility index (Phi) is 4.96. The van der Waals surface area contributed by atoms with E-state index in [2.05, 4.69) is 10.1 Å². The molecule has 1 aromatic carbocycles. The van der Waals surface area contributed by atoms with Crippen LogP contribution in [0.15, 0.2) is 40.6 Å². The highest BCUT2D eigenvalue weighted by atomic mass is 35.5.